The van der Waals surface area contributed by atoms with E-state index in [4.69, 9.17) is 0 Å². The first-order valence-corrected chi connectivity index (χ1v) is 6.19. The van der Waals surface area contributed by atoms with Gasteiger partial charge in [-0.15, -0.1) is 0 Å². The standard InChI is InChI=1S/C14H13N5O/c20-14(9-12-4-6-15-18-12)17-11-3-1-2-10(8-11)13-5-7-16-19-13/h1-8H,9H2,(H,15,18)(H,16,19)(H,17,20). The number of amides is 1. The summed E-state index contributed by atoms with van der Waals surface area (Å²) in [6.07, 6.45) is 3.59. The average molecular weight is 267 g/mol. The van der Waals surface area contributed by atoms with Gasteiger partial charge in [0.05, 0.1) is 12.1 Å². The van der Waals surface area contributed by atoms with Crippen LogP contribution < -0.4 is 5.32 Å². The molecule has 0 spiro atoms. The molecule has 0 aliphatic rings. The van der Waals surface area contributed by atoms with Crippen molar-refractivity contribution in [2.75, 3.05) is 5.32 Å². The van der Waals surface area contributed by atoms with Gasteiger partial charge in [-0.05, 0) is 24.3 Å². The number of rotatable bonds is 4. The number of nitrogens with zero attached hydrogens (tertiary/aromatic N) is 2. The Labute approximate surface area is 115 Å². The van der Waals surface area contributed by atoms with Crippen LogP contribution in [0.15, 0.2) is 48.8 Å². The Kier molecular flexibility index (Phi) is 3.28. The molecule has 0 aliphatic heterocycles. The molecule has 1 aromatic carbocycles. The molecule has 0 saturated heterocycles. The van der Waals surface area contributed by atoms with Crippen LogP contribution in [0.25, 0.3) is 11.3 Å². The van der Waals surface area contributed by atoms with E-state index in [9.17, 15) is 4.79 Å². The Hall–Kier alpha value is -2.89. The van der Waals surface area contributed by atoms with E-state index in [2.05, 4.69) is 25.7 Å². The quantitative estimate of drug-likeness (QED) is 0.675. The van der Waals surface area contributed by atoms with Gasteiger partial charge in [-0.2, -0.15) is 10.2 Å². The van der Waals surface area contributed by atoms with E-state index >= 15 is 0 Å². The van der Waals surface area contributed by atoms with Crippen molar-refractivity contribution in [3.8, 4) is 11.3 Å². The monoisotopic (exact) mass is 267 g/mol. The molecule has 0 atom stereocenters. The molecule has 6 heteroatoms. The predicted molar refractivity (Wildman–Crippen MR) is 74.9 cm³/mol. The molecule has 3 rings (SSSR count). The average Bonchev–Trinajstić information content (AvgIpc) is 3.11. The van der Waals surface area contributed by atoms with Gasteiger partial charge in [-0.3, -0.25) is 15.0 Å². The summed E-state index contributed by atoms with van der Waals surface area (Å²) in [4.78, 5) is 11.9. The minimum atomic E-state index is -0.0870. The topological polar surface area (TPSA) is 86.5 Å². The maximum atomic E-state index is 11.9. The molecular formula is C14H13N5O. The summed E-state index contributed by atoms with van der Waals surface area (Å²) in [7, 11) is 0. The number of nitrogens with one attached hydrogen (secondary N) is 3. The summed E-state index contributed by atoms with van der Waals surface area (Å²) in [5.74, 6) is -0.0870. The Morgan fingerprint density at radius 2 is 1.95 bits per heavy atom. The largest absolute Gasteiger partial charge is 0.326 e. The van der Waals surface area contributed by atoms with Gasteiger partial charge in [-0.1, -0.05) is 12.1 Å². The maximum absolute atomic E-state index is 11.9. The molecular weight excluding hydrogens is 254 g/mol. The molecule has 3 N–H and O–H groups in total. The van der Waals surface area contributed by atoms with Crippen molar-refractivity contribution in [3.63, 3.8) is 0 Å². The highest BCUT2D eigenvalue weighted by atomic mass is 16.1. The first-order chi connectivity index (χ1) is 9.81. The van der Waals surface area contributed by atoms with Crippen LogP contribution >= 0.6 is 0 Å². The molecule has 2 aromatic heterocycles. The van der Waals surface area contributed by atoms with Crippen molar-refractivity contribution in [2.45, 2.75) is 6.42 Å². The van der Waals surface area contributed by atoms with Crippen molar-refractivity contribution >= 4 is 11.6 Å². The third-order valence-corrected chi connectivity index (χ3v) is 2.87. The lowest BCUT2D eigenvalue weighted by molar-refractivity contribution is -0.115. The number of carbonyl (C=O) groups excluding carboxylic acids is 1. The van der Waals surface area contributed by atoms with Crippen LogP contribution in [-0.2, 0) is 11.2 Å². The van der Waals surface area contributed by atoms with E-state index in [1.165, 1.54) is 0 Å². The van der Waals surface area contributed by atoms with Crippen molar-refractivity contribution in [2.24, 2.45) is 0 Å². The second-order valence-electron chi connectivity index (χ2n) is 4.36. The summed E-state index contributed by atoms with van der Waals surface area (Å²) < 4.78 is 0. The van der Waals surface area contributed by atoms with Gasteiger partial charge < -0.3 is 5.32 Å². The zero-order chi connectivity index (χ0) is 13.8. The minimum absolute atomic E-state index is 0.0870. The molecule has 1 amide bonds. The molecule has 0 aliphatic carbocycles. The number of hydrogen-bond donors (Lipinski definition) is 3. The summed E-state index contributed by atoms with van der Waals surface area (Å²) >= 11 is 0. The number of H-pyrrole nitrogens is 2. The van der Waals surface area contributed by atoms with Crippen LogP contribution in [0.3, 0.4) is 0 Å². The van der Waals surface area contributed by atoms with E-state index in [-0.39, 0.29) is 12.3 Å². The smallest absolute Gasteiger partial charge is 0.230 e. The zero-order valence-corrected chi connectivity index (χ0v) is 10.6. The SMILES string of the molecule is O=C(Cc1ccn[nH]1)Nc1cccc(-c2ccn[nH]2)c1. The fourth-order valence-electron chi connectivity index (χ4n) is 1.94. The third kappa shape index (κ3) is 2.74. The Morgan fingerprint density at radius 3 is 2.70 bits per heavy atom. The highest BCUT2D eigenvalue weighted by Crippen LogP contribution is 2.20. The molecule has 3 aromatic rings. The molecule has 100 valence electrons. The van der Waals surface area contributed by atoms with Crippen molar-refractivity contribution < 1.29 is 4.79 Å². The van der Waals surface area contributed by atoms with Gasteiger partial charge in [0, 0.05) is 29.3 Å². The minimum Gasteiger partial charge on any atom is -0.326 e. The molecule has 2 heterocycles. The van der Waals surface area contributed by atoms with Crippen molar-refractivity contribution in [1.29, 1.82) is 0 Å². The lowest BCUT2D eigenvalue weighted by Gasteiger charge is -2.06. The first-order valence-electron chi connectivity index (χ1n) is 6.19. The van der Waals surface area contributed by atoms with Gasteiger partial charge in [0.25, 0.3) is 0 Å². The van der Waals surface area contributed by atoms with Crippen LogP contribution in [0.4, 0.5) is 5.69 Å². The molecule has 0 saturated carbocycles. The van der Waals surface area contributed by atoms with Crippen LogP contribution in [0, 0.1) is 0 Å². The van der Waals surface area contributed by atoms with E-state index < -0.39 is 0 Å². The number of benzene rings is 1. The highest BCUT2D eigenvalue weighted by molar-refractivity contribution is 5.92. The van der Waals surface area contributed by atoms with E-state index in [1.807, 2.05) is 30.3 Å². The van der Waals surface area contributed by atoms with E-state index in [0.717, 1.165) is 22.6 Å². The van der Waals surface area contributed by atoms with Crippen molar-refractivity contribution in [3.05, 3.63) is 54.5 Å². The fraction of sp³-hybridized carbons (Fsp3) is 0.0714. The first kappa shape index (κ1) is 12.2. The molecule has 0 fully saturated rings. The molecule has 0 bridgehead atoms. The third-order valence-electron chi connectivity index (χ3n) is 2.87. The van der Waals surface area contributed by atoms with E-state index in [0.29, 0.717) is 0 Å². The van der Waals surface area contributed by atoms with Crippen molar-refractivity contribution in [1.82, 2.24) is 20.4 Å². The number of hydrogen-bond acceptors (Lipinski definition) is 3. The van der Waals surface area contributed by atoms with Gasteiger partial charge in [0.1, 0.15) is 0 Å². The predicted octanol–water partition coefficient (Wildman–Crippen LogP) is 1.98. The summed E-state index contributed by atoms with van der Waals surface area (Å²) in [6.45, 7) is 0. The van der Waals surface area contributed by atoms with Crippen LogP contribution in [0.1, 0.15) is 5.69 Å². The van der Waals surface area contributed by atoms with Crippen LogP contribution in [-0.4, -0.2) is 26.3 Å². The van der Waals surface area contributed by atoms with Gasteiger partial charge in [0.2, 0.25) is 5.91 Å². The Bertz CT molecular complexity index is 688. The van der Waals surface area contributed by atoms with Crippen LogP contribution in [0.2, 0.25) is 0 Å². The molecule has 0 unspecified atom stereocenters. The van der Waals surface area contributed by atoms with Gasteiger partial charge >= 0.3 is 0 Å². The van der Waals surface area contributed by atoms with Gasteiger partial charge in [0.15, 0.2) is 0 Å². The lowest BCUT2D eigenvalue weighted by atomic mass is 10.1. The Morgan fingerprint density at radius 1 is 1.10 bits per heavy atom. The second-order valence-corrected chi connectivity index (χ2v) is 4.36. The molecule has 6 nitrogen and oxygen atoms in total. The van der Waals surface area contributed by atoms with Crippen LogP contribution in [0.5, 0.6) is 0 Å². The number of anilines is 1. The number of aromatic nitrogens is 4. The molecule has 0 radical (unpaired) electrons. The lowest BCUT2D eigenvalue weighted by Crippen LogP contribution is -2.14. The van der Waals surface area contributed by atoms with Gasteiger partial charge in [-0.25, -0.2) is 0 Å². The normalized spacial score (nSPS) is 10.4. The summed E-state index contributed by atoms with van der Waals surface area (Å²) in [5, 5.41) is 16.2. The second kappa shape index (κ2) is 5.40. The highest BCUT2D eigenvalue weighted by Gasteiger charge is 2.06. The number of carbonyl (C=O) groups is 1. The summed E-state index contributed by atoms with van der Waals surface area (Å²) in [5.41, 5.74) is 3.42. The van der Waals surface area contributed by atoms with E-state index in [1.54, 1.807) is 18.5 Å². The molecule has 20 heavy (non-hydrogen) atoms. The zero-order valence-electron chi connectivity index (χ0n) is 10.6. The maximum Gasteiger partial charge on any atom is 0.230 e. The summed E-state index contributed by atoms with van der Waals surface area (Å²) in [6, 6.07) is 11.3. The Balaban J connectivity index is 1.71. The fourth-order valence-corrected chi connectivity index (χ4v) is 1.94. The number of aromatic amines is 2.